The molecule has 0 spiro atoms. The molecule has 12 nitrogen and oxygen atoms in total. The van der Waals surface area contributed by atoms with Crippen LogP contribution in [0.25, 0.3) is 10.9 Å². The molecule has 4 N–H and O–H groups in total. The first-order valence-electron chi connectivity index (χ1n) is 16.5. The van der Waals surface area contributed by atoms with Gasteiger partial charge >= 0.3 is 6.09 Å². The number of hydrogen-bond acceptors (Lipinski definition) is 6. The van der Waals surface area contributed by atoms with Gasteiger partial charge < -0.3 is 35.4 Å². The zero-order valence-corrected chi connectivity index (χ0v) is 28.6. The van der Waals surface area contributed by atoms with E-state index in [1.54, 1.807) is 20.6 Å². The van der Waals surface area contributed by atoms with E-state index in [0.717, 1.165) is 28.5 Å². The third-order valence-electron chi connectivity index (χ3n) is 9.19. The molecule has 0 saturated carbocycles. The fourth-order valence-corrected chi connectivity index (χ4v) is 7.40. The Morgan fingerprint density at radius 1 is 1.10 bits per heavy atom. The highest BCUT2D eigenvalue weighted by atomic mass is 32.1. The molecule has 5 amide bonds. The SMILES string of the molecule is CC(C)(NC(=O)O)C(=O)N[C@H](Cc1cn(CCF)c2ccccc12)C(=O)NC1Cc2cccc(N3CCCC3=O)c2N(Cc2ccsc2)C1=O. The third-order valence-corrected chi connectivity index (χ3v) is 9.92. The lowest BCUT2D eigenvalue weighted by Crippen LogP contribution is -2.61. The van der Waals surface area contributed by atoms with Gasteiger partial charge in [-0.2, -0.15) is 11.3 Å². The van der Waals surface area contributed by atoms with Crippen molar-refractivity contribution in [3.8, 4) is 0 Å². The minimum atomic E-state index is -1.59. The number of hydrogen-bond donors (Lipinski definition) is 4. The molecule has 2 aliphatic rings. The van der Waals surface area contributed by atoms with Crippen LogP contribution in [-0.4, -0.2) is 70.2 Å². The first-order valence-corrected chi connectivity index (χ1v) is 17.4. The second kappa shape index (κ2) is 14.3. The Balaban J connectivity index is 1.33. The Morgan fingerprint density at radius 2 is 1.90 bits per heavy atom. The van der Waals surface area contributed by atoms with Crippen molar-refractivity contribution in [1.82, 2.24) is 20.5 Å². The van der Waals surface area contributed by atoms with Crippen molar-refractivity contribution < 1.29 is 33.5 Å². The molecular formula is C36H39FN6O6S. The molecule has 1 saturated heterocycles. The molecule has 14 heteroatoms. The van der Waals surface area contributed by atoms with Crippen LogP contribution in [0.5, 0.6) is 0 Å². The van der Waals surface area contributed by atoms with Crippen molar-refractivity contribution in [3.05, 3.63) is 82.2 Å². The number of nitrogens with one attached hydrogen (secondary N) is 3. The van der Waals surface area contributed by atoms with Crippen LogP contribution < -0.4 is 25.8 Å². The number of para-hydroxylation sites is 2. The summed E-state index contributed by atoms with van der Waals surface area (Å²) in [5.41, 5.74) is 2.80. The molecule has 50 heavy (non-hydrogen) atoms. The number of rotatable bonds is 12. The van der Waals surface area contributed by atoms with Gasteiger partial charge in [0, 0.05) is 42.9 Å². The van der Waals surface area contributed by atoms with Crippen molar-refractivity contribution in [2.24, 2.45) is 0 Å². The topological polar surface area (TPSA) is 153 Å². The van der Waals surface area contributed by atoms with E-state index in [1.807, 2.05) is 59.3 Å². The third kappa shape index (κ3) is 7.06. The van der Waals surface area contributed by atoms with E-state index in [1.165, 1.54) is 25.2 Å². The Bertz CT molecular complexity index is 1940. The number of amides is 5. The molecular weight excluding hydrogens is 663 g/mol. The molecule has 2 aliphatic heterocycles. The minimum absolute atomic E-state index is 0.0106. The van der Waals surface area contributed by atoms with Gasteiger partial charge in [0.1, 0.15) is 24.3 Å². The lowest BCUT2D eigenvalue weighted by molar-refractivity contribution is -0.133. The van der Waals surface area contributed by atoms with Crippen LogP contribution in [0.1, 0.15) is 43.4 Å². The van der Waals surface area contributed by atoms with Crippen molar-refractivity contribution in [1.29, 1.82) is 0 Å². The Hall–Kier alpha value is -5.24. The summed E-state index contributed by atoms with van der Waals surface area (Å²) in [5, 5.41) is 21.7. The maximum Gasteiger partial charge on any atom is 0.405 e. The number of nitrogens with zero attached hydrogens (tertiary/aromatic N) is 3. The second-order valence-electron chi connectivity index (χ2n) is 13.1. The molecule has 6 rings (SSSR count). The summed E-state index contributed by atoms with van der Waals surface area (Å²) in [5.74, 6) is -1.76. The van der Waals surface area contributed by atoms with Crippen LogP contribution in [0.15, 0.2) is 65.5 Å². The van der Waals surface area contributed by atoms with Gasteiger partial charge in [0.2, 0.25) is 23.6 Å². The molecule has 2 aromatic heterocycles. The molecule has 4 aromatic rings. The zero-order valence-electron chi connectivity index (χ0n) is 27.8. The van der Waals surface area contributed by atoms with Crippen molar-refractivity contribution in [2.75, 3.05) is 23.0 Å². The fraction of sp³-hybridized carbons (Fsp3) is 0.361. The highest BCUT2D eigenvalue weighted by Crippen LogP contribution is 2.40. The molecule has 0 aliphatic carbocycles. The highest BCUT2D eigenvalue weighted by molar-refractivity contribution is 7.07. The zero-order chi connectivity index (χ0) is 35.6. The molecule has 262 valence electrons. The van der Waals surface area contributed by atoms with Crippen LogP contribution >= 0.6 is 11.3 Å². The van der Waals surface area contributed by atoms with Gasteiger partial charge in [0.05, 0.1) is 24.5 Å². The van der Waals surface area contributed by atoms with Crippen LogP contribution in [-0.2, 0) is 45.1 Å². The number of aryl methyl sites for hydroxylation is 1. The number of alkyl halides is 1. The van der Waals surface area contributed by atoms with E-state index < -0.39 is 42.2 Å². The van der Waals surface area contributed by atoms with Gasteiger partial charge in [-0.25, -0.2) is 9.18 Å². The molecule has 0 bridgehead atoms. The van der Waals surface area contributed by atoms with E-state index in [2.05, 4.69) is 16.0 Å². The molecule has 0 radical (unpaired) electrons. The van der Waals surface area contributed by atoms with Gasteiger partial charge in [-0.3, -0.25) is 19.2 Å². The Labute approximate surface area is 292 Å². The van der Waals surface area contributed by atoms with Crippen molar-refractivity contribution in [2.45, 2.75) is 70.2 Å². The first-order chi connectivity index (χ1) is 24.0. The summed E-state index contributed by atoms with van der Waals surface area (Å²) in [6, 6.07) is 12.6. The average molecular weight is 703 g/mol. The predicted molar refractivity (Wildman–Crippen MR) is 188 cm³/mol. The summed E-state index contributed by atoms with van der Waals surface area (Å²) < 4.78 is 15.2. The highest BCUT2D eigenvalue weighted by Gasteiger charge is 2.40. The van der Waals surface area contributed by atoms with Crippen molar-refractivity contribution in [3.63, 3.8) is 0 Å². The van der Waals surface area contributed by atoms with Crippen LogP contribution in [0.2, 0.25) is 0 Å². The van der Waals surface area contributed by atoms with Crippen molar-refractivity contribution >= 4 is 63.3 Å². The van der Waals surface area contributed by atoms with Gasteiger partial charge in [-0.1, -0.05) is 30.3 Å². The molecule has 1 fully saturated rings. The number of carboxylic acid groups (broad SMARTS) is 1. The molecule has 4 heterocycles. The number of anilines is 2. The Morgan fingerprint density at radius 3 is 2.60 bits per heavy atom. The largest absolute Gasteiger partial charge is 0.465 e. The van der Waals surface area contributed by atoms with E-state index in [-0.39, 0.29) is 37.7 Å². The number of benzene rings is 2. The molecule has 2 aromatic carbocycles. The normalized spacial score (nSPS) is 16.7. The number of carbonyl (C=O) groups excluding carboxylic acids is 4. The quantitative estimate of drug-likeness (QED) is 0.174. The number of halogens is 1. The number of thiophene rings is 1. The summed E-state index contributed by atoms with van der Waals surface area (Å²) in [4.78, 5) is 69.6. The fourth-order valence-electron chi connectivity index (χ4n) is 6.74. The van der Waals surface area contributed by atoms with Crippen LogP contribution in [0.3, 0.4) is 0 Å². The maximum absolute atomic E-state index is 14.3. The maximum atomic E-state index is 14.3. The first kappa shape index (κ1) is 34.6. The predicted octanol–water partition coefficient (Wildman–Crippen LogP) is 4.15. The summed E-state index contributed by atoms with van der Waals surface area (Å²) in [6.45, 7) is 3.03. The van der Waals surface area contributed by atoms with Gasteiger partial charge in [0.25, 0.3) is 0 Å². The van der Waals surface area contributed by atoms with E-state index in [0.29, 0.717) is 29.9 Å². The van der Waals surface area contributed by atoms with Crippen LogP contribution in [0.4, 0.5) is 20.6 Å². The number of carbonyl (C=O) groups is 5. The lowest BCUT2D eigenvalue weighted by Gasteiger charge is -2.37. The van der Waals surface area contributed by atoms with Gasteiger partial charge in [0.15, 0.2) is 0 Å². The van der Waals surface area contributed by atoms with Gasteiger partial charge in [-0.05, 0) is 65.9 Å². The Kier molecular flexibility index (Phi) is 9.91. The number of aromatic nitrogens is 1. The van der Waals surface area contributed by atoms with E-state index in [4.69, 9.17) is 0 Å². The number of fused-ring (bicyclic) bond motifs is 2. The van der Waals surface area contributed by atoms with Crippen LogP contribution in [0, 0.1) is 0 Å². The summed E-state index contributed by atoms with van der Waals surface area (Å²) in [6.07, 6.45) is 1.61. The lowest BCUT2D eigenvalue weighted by atomic mass is 9.94. The van der Waals surface area contributed by atoms with E-state index >= 15 is 0 Å². The summed E-state index contributed by atoms with van der Waals surface area (Å²) in [7, 11) is 0. The minimum Gasteiger partial charge on any atom is -0.465 e. The second-order valence-corrected chi connectivity index (χ2v) is 13.9. The van der Waals surface area contributed by atoms with E-state index in [9.17, 15) is 33.5 Å². The smallest absolute Gasteiger partial charge is 0.405 e. The average Bonchev–Trinajstić information content (AvgIpc) is 3.83. The monoisotopic (exact) mass is 702 g/mol. The molecule has 2 atom stereocenters. The molecule has 1 unspecified atom stereocenters. The standard InChI is InChI=1S/C36H39FN6O6S/c1-36(2,40-35(48)49)34(47)39-26(18-24-20-41(15-13-37)28-9-4-3-8-25(24)28)32(45)38-27-17-23-7-5-10-29(42-14-6-11-30(42)44)31(23)43(33(27)46)19-22-12-16-50-21-22/h3-5,7-10,12,16,20-21,26-27,40H,6,11,13-15,17-19H2,1-2H3,(H,38,45)(H,39,47)(H,48,49)/t26-,27?/m1/s1. The summed E-state index contributed by atoms with van der Waals surface area (Å²) >= 11 is 1.50. The van der Waals surface area contributed by atoms with Gasteiger partial charge in [-0.15, -0.1) is 0 Å².